The van der Waals surface area contributed by atoms with Crippen molar-refractivity contribution in [2.24, 2.45) is 0 Å². The summed E-state index contributed by atoms with van der Waals surface area (Å²) in [7, 11) is 0. The number of rotatable bonds is 5. The zero-order valence-corrected chi connectivity index (χ0v) is 19.5. The van der Waals surface area contributed by atoms with Gasteiger partial charge in [0.1, 0.15) is 11.4 Å². The van der Waals surface area contributed by atoms with Crippen LogP contribution >= 0.6 is 0 Å². The molecule has 0 aliphatic carbocycles. The molecule has 0 spiro atoms. The highest BCUT2D eigenvalue weighted by atomic mass is 16.2. The summed E-state index contributed by atoms with van der Waals surface area (Å²) >= 11 is 0. The Bertz CT molecular complexity index is 1310. The molecule has 2 aromatic heterocycles. The molecule has 1 aliphatic heterocycles. The van der Waals surface area contributed by atoms with Gasteiger partial charge in [-0.3, -0.25) is 19.3 Å². The van der Waals surface area contributed by atoms with E-state index >= 15 is 0 Å². The molecule has 2 amide bonds. The lowest BCUT2D eigenvalue weighted by molar-refractivity contribution is 0.0532. The number of hydrogen-bond donors (Lipinski definition) is 0. The third-order valence-corrected chi connectivity index (χ3v) is 6.14. The van der Waals surface area contributed by atoms with Gasteiger partial charge in [0.15, 0.2) is 0 Å². The molecule has 0 radical (unpaired) electrons. The fourth-order valence-corrected chi connectivity index (χ4v) is 4.21. The van der Waals surface area contributed by atoms with E-state index in [0.717, 1.165) is 16.7 Å². The summed E-state index contributed by atoms with van der Waals surface area (Å²) in [5, 5.41) is 4.79. The first-order chi connectivity index (χ1) is 17.1. The molecule has 1 aliphatic rings. The maximum atomic E-state index is 13.6. The zero-order valence-electron chi connectivity index (χ0n) is 19.5. The van der Waals surface area contributed by atoms with Gasteiger partial charge in [0.05, 0.1) is 18.3 Å². The Labute approximate surface area is 203 Å². The second kappa shape index (κ2) is 9.89. The molecule has 1 saturated heterocycles. The monoisotopic (exact) mass is 466 g/mol. The number of carbonyl (C=O) groups is 2. The van der Waals surface area contributed by atoms with Crippen LogP contribution in [0.4, 0.5) is 0 Å². The molecular formula is C27H26N6O2. The van der Waals surface area contributed by atoms with Gasteiger partial charge in [-0.1, -0.05) is 60.2 Å². The lowest BCUT2D eigenvalue weighted by Gasteiger charge is -2.34. The number of amides is 2. The molecule has 8 nitrogen and oxygen atoms in total. The first-order valence-electron chi connectivity index (χ1n) is 11.6. The first-order valence-corrected chi connectivity index (χ1v) is 11.6. The van der Waals surface area contributed by atoms with E-state index in [1.54, 1.807) is 9.80 Å². The van der Waals surface area contributed by atoms with Crippen molar-refractivity contribution in [2.75, 3.05) is 26.2 Å². The van der Waals surface area contributed by atoms with Crippen LogP contribution in [-0.2, 0) is 6.54 Å². The highest BCUT2D eigenvalue weighted by molar-refractivity contribution is 6.00. The molecular weight excluding hydrogens is 440 g/mol. The Kier molecular flexibility index (Phi) is 6.34. The van der Waals surface area contributed by atoms with E-state index in [0.29, 0.717) is 49.7 Å². The van der Waals surface area contributed by atoms with Crippen LogP contribution in [-0.4, -0.2) is 67.5 Å². The molecule has 1 fully saturated rings. The highest BCUT2D eigenvalue weighted by Crippen LogP contribution is 2.25. The Morgan fingerprint density at radius 3 is 2.20 bits per heavy atom. The van der Waals surface area contributed by atoms with E-state index in [9.17, 15) is 9.59 Å². The fourth-order valence-electron chi connectivity index (χ4n) is 4.21. The quantitative estimate of drug-likeness (QED) is 0.451. The van der Waals surface area contributed by atoms with Gasteiger partial charge in [-0.2, -0.15) is 5.10 Å². The van der Waals surface area contributed by atoms with Gasteiger partial charge in [0, 0.05) is 50.3 Å². The predicted molar refractivity (Wildman–Crippen MR) is 132 cm³/mol. The molecule has 0 atom stereocenters. The standard InChI is InChI=1S/C27H26N6O2/c1-20-7-9-22(10-8-20)25-23(19-33(30-25)18-21-5-3-2-4-6-21)26(34)31-13-15-32(16-14-31)27(35)24-17-28-11-12-29-24/h2-12,17,19H,13-16,18H2,1H3. The molecule has 4 aromatic rings. The van der Waals surface area contributed by atoms with Crippen LogP contribution in [0.3, 0.4) is 0 Å². The zero-order chi connectivity index (χ0) is 24.2. The average molecular weight is 467 g/mol. The minimum atomic E-state index is -0.166. The fraction of sp³-hybridized carbons (Fsp3) is 0.222. The molecule has 3 heterocycles. The highest BCUT2D eigenvalue weighted by Gasteiger charge is 2.29. The molecule has 8 heteroatoms. The molecule has 5 rings (SSSR count). The largest absolute Gasteiger partial charge is 0.335 e. The van der Waals surface area contributed by atoms with Gasteiger partial charge in [0.25, 0.3) is 11.8 Å². The van der Waals surface area contributed by atoms with Crippen LogP contribution in [0.1, 0.15) is 32.0 Å². The second-order valence-corrected chi connectivity index (χ2v) is 8.62. The van der Waals surface area contributed by atoms with Crippen molar-refractivity contribution in [3.05, 3.63) is 102 Å². The molecule has 35 heavy (non-hydrogen) atoms. The summed E-state index contributed by atoms with van der Waals surface area (Å²) in [6.07, 6.45) is 6.35. The second-order valence-electron chi connectivity index (χ2n) is 8.62. The van der Waals surface area contributed by atoms with Gasteiger partial charge in [-0.15, -0.1) is 0 Å². The predicted octanol–water partition coefficient (Wildman–Crippen LogP) is 3.30. The molecule has 0 bridgehead atoms. The van der Waals surface area contributed by atoms with Crippen molar-refractivity contribution in [1.29, 1.82) is 0 Å². The van der Waals surface area contributed by atoms with Crippen LogP contribution in [0.5, 0.6) is 0 Å². The SMILES string of the molecule is Cc1ccc(-c2nn(Cc3ccccc3)cc2C(=O)N2CCN(C(=O)c3cnccn3)CC2)cc1. The maximum Gasteiger partial charge on any atom is 0.274 e. The number of benzene rings is 2. The lowest BCUT2D eigenvalue weighted by Crippen LogP contribution is -2.50. The average Bonchev–Trinajstić information content (AvgIpc) is 3.33. The molecule has 0 saturated carbocycles. The van der Waals surface area contributed by atoms with E-state index in [2.05, 4.69) is 9.97 Å². The van der Waals surface area contributed by atoms with E-state index in [4.69, 9.17) is 5.10 Å². The van der Waals surface area contributed by atoms with Crippen molar-refractivity contribution in [1.82, 2.24) is 29.5 Å². The summed E-state index contributed by atoms with van der Waals surface area (Å²) < 4.78 is 1.83. The van der Waals surface area contributed by atoms with Crippen molar-refractivity contribution in [3.8, 4) is 11.3 Å². The summed E-state index contributed by atoms with van der Waals surface area (Å²) in [5.41, 5.74) is 4.72. The number of piperazine rings is 1. The molecule has 0 unspecified atom stereocenters. The van der Waals surface area contributed by atoms with E-state index < -0.39 is 0 Å². The molecule has 0 N–H and O–H groups in total. The Morgan fingerprint density at radius 1 is 0.857 bits per heavy atom. The summed E-state index contributed by atoms with van der Waals surface area (Å²) in [4.78, 5) is 37.9. The number of carbonyl (C=O) groups excluding carboxylic acids is 2. The Balaban J connectivity index is 1.36. The summed E-state index contributed by atoms with van der Waals surface area (Å²) in [6, 6.07) is 18.1. The summed E-state index contributed by atoms with van der Waals surface area (Å²) in [5.74, 6) is -0.243. The van der Waals surface area contributed by atoms with Crippen molar-refractivity contribution < 1.29 is 9.59 Å². The third-order valence-electron chi connectivity index (χ3n) is 6.14. The molecule has 2 aromatic carbocycles. The van der Waals surface area contributed by atoms with Gasteiger partial charge in [-0.05, 0) is 12.5 Å². The smallest absolute Gasteiger partial charge is 0.274 e. The molecule has 176 valence electrons. The van der Waals surface area contributed by atoms with Crippen LogP contribution in [0.25, 0.3) is 11.3 Å². The van der Waals surface area contributed by atoms with Crippen LogP contribution in [0.2, 0.25) is 0 Å². The topological polar surface area (TPSA) is 84.2 Å². The van der Waals surface area contributed by atoms with Crippen molar-refractivity contribution in [2.45, 2.75) is 13.5 Å². The van der Waals surface area contributed by atoms with Crippen LogP contribution in [0, 0.1) is 6.92 Å². The lowest BCUT2D eigenvalue weighted by atomic mass is 10.1. The Morgan fingerprint density at radius 2 is 1.54 bits per heavy atom. The van der Waals surface area contributed by atoms with Gasteiger partial charge < -0.3 is 9.80 Å². The minimum Gasteiger partial charge on any atom is -0.335 e. The minimum absolute atomic E-state index is 0.0773. The number of nitrogens with zero attached hydrogens (tertiary/aromatic N) is 6. The van der Waals surface area contributed by atoms with Crippen LogP contribution in [0.15, 0.2) is 79.4 Å². The Hall–Kier alpha value is -4.33. The van der Waals surface area contributed by atoms with E-state index in [1.807, 2.05) is 72.4 Å². The maximum absolute atomic E-state index is 13.6. The number of hydrogen-bond acceptors (Lipinski definition) is 5. The number of aromatic nitrogens is 4. The van der Waals surface area contributed by atoms with Gasteiger partial charge in [0.2, 0.25) is 0 Å². The normalized spacial score (nSPS) is 13.6. The van der Waals surface area contributed by atoms with Crippen molar-refractivity contribution >= 4 is 11.8 Å². The third kappa shape index (κ3) is 4.96. The van der Waals surface area contributed by atoms with E-state index in [1.165, 1.54) is 18.6 Å². The van der Waals surface area contributed by atoms with Gasteiger partial charge >= 0.3 is 0 Å². The van der Waals surface area contributed by atoms with E-state index in [-0.39, 0.29) is 11.8 Å². The number of aryl methyl sites for hydroxylation is 1. The van der Waals surface area contributed by atoms with Crippen molar-refractivity contribution in [3.63, 3.8) is 0 Å². The van der Waals surface area contributed by atoms with Gasteiger partial charge in [-0.25, -0.2) is 4.98 Å². The summed E-state index contributed by atoms with van der Waals surface area (Å²) in [6.45, 7) is 4.39. The first kappa shape index (κ1) is 22.5. The van der Waals surface area contributed by atoms with Crippen LogP contribution < -0.4 is 0 Å².